The van der Waals surface area contributed by atoms with Crippen molar-refractivity contribution in [2.24, 2.45) is 0 Å². The molecule has 0 spiro atoms. The minimum Gasteiger partial charge on any atom is -0.495 e. The van der Waals surface area contributed by atoms with Crippen LogP contribution in [-0.4, -0.2) is 36.8 Å². The van der Waals surface area contributed by atoms with E-state index in [9.17, 15) is 18.7 Å². The first-order valence-corrected chi connectivity index (χ1v) is 11.7. The second-order valence-electron chi connectivity index (χ2n) is 7.79. The second kappa shape index (κ2) is 11.9. The molecule has 176 valence electrons. The fourth-order valence-corrected chi connectivity index (χ4v) is 4.36. The van der Waals surface area contributed by atoms with Crippen LogP contribution in [0.5, 0.6) is 5.75 Å². The van der Waals surface area contributed by atoms with E-state index in [0.717, 1.165) is 18.1 Å². The predicted molar refractivity (Wildman–Crippen MR) is 126 cm³/mol. The monoisotopic (exact) mass is 474 g/mol. The van der Waals surface area contributed by atoms with Crippen molar-refractivity contribution in [2.45, 2.75) is 38.5 Å². The first kappa shape index (κ1) is 24.8. The summed E-state index contributed by atoms with van der Waals surface area (Å²) in [5.74, 6) is -1.42. The van der Waals surface area contributed by atoms with Crippen LogP contribution in [0.15, 0.2) is 53.2 Å². The van der Waals surface area contributed by atoms with E-state index in [1.54, 1.807) is 10.8 Å². The number of methoxy groups -OCH3 is 1. The third-order valence-corrected chi connectivity index (χ3v) is 6.05. The van der Waals surface area contributed by atoms with Crippen LogP contribution >= 0.6 is 11.3 Å². The molecule has 2 atom stereocenters. The molecule has 0 aliphatic rings. The van der Waals surface area contributed by atoms with Gasteiger partial charge in [-0.05, 0) is 41.7 Å². The molecule has 33 heavy (non-hydrogen) atoms. The second-order valence-corrected chi connectivity index (χ2v) is 8.53. The number of hydrogen-bond acceptors (Lipinski definition) is 5. The number of aliphatic hydroxyl groups excluding tert-OH is 1. The molecule has 2 aromatic carbocycles. The van der Waals surface area contributed by atoms with Gasteiger partial charge in [0.2, 0.25) is 0 Å². The minimum absolute atomic E-state index is 0.0566. The predicted octanol–water partition coefficient (Wildman–Crippen LogP) is 4.09. The van der Waals surface area contributed by atoms with E-state index in [4.69, 9.17) is 4.74 Å². The molecule has 0 radical (unpaired) electrons. The van der Waals surface area contributed by atoms with Crippen molar-refractivity contribution in [2.75, 3.05) is 13.7 Å². The highest BCUT2D eigenvalue weighted by molar-refractivity contribution is 7.08. The number of ether oxygens (including phenoxy) is 1. The van der Waals surface area contributed by atoms with Crippen LogP contribution in [0.3, 0.4) is 0 Å². The molecule has 0 saturated carbocycles. The summed E-state index contributed by atoms with van der Waals surface area (Å²) in [6, 6.07) is 10.5. The molecule has 1 aromatic heterocycles. The summed E-state index contributed by atoms with van der Waals surface area (Å²) in [6.07, 6.45) is -0.0127. The quantitative estimate of drug-likeness (QED) is 0.392. The molecule has 2 unspecified atom stereocenters. The number of aryl methyl sites for hydroxylation is 1. The van der Waals surface area contributed by atoms with Gasteiger partial charge in [0.25, 0.3) is 5.91 Å². The number of carbonyl (C=O) groups excluding carboxylic acids is 1. The number of halogens is 2. The number of thiophene rings is 1. The van der Waals surface area contributed by atoms with E-state index < -0.39 is 29.7 Å². The van der Waals surface area contributed by atoms with Gasteiger partial charge in [-0.1, -0.05) is 31.2 Å². The van der Waals surface area contributed by atoms with Gasteiger partial charge in [-0.2, -0.15) is 0 Å². The van der Waals surface area contributed by atoms with E-state index in [1.165, 1.54) is 36.1 Å². The van der Waals surface area contributed by atoms with Gasteiger partial charge in [0, 0.05) is 29.9 Å². The fraction of sp³-hybridized carbons (Fsp3) is 0.320. The molecular weight excluding hydrogens is 446 g/mol. The lowest BCUT2D eigenvalue weighted by molar-refractivity contribution is 0.0827. The van der Waals surface area contributed by atoms with Gasteiger partial charge in [0.1, 0.15) is 17.4 Å². The Morgan fingerprint density at radius 2 is 1.82 bits per heavy atom. The van der Waals surface area contributed by atoms with E-state index >= 15 is 0 Å². The summed E-state index contributed by atoms with van der Waals surface area (Å²) in [5.41, 5.74) is 2.98. The van der Waals surface area contributed by atoms with Crippen LogP contribution in [0.1, 0.15) is 34.0 Å². The van der Waals surface area contributed by atoms with Crippen LogP contribution in [0, 0.1) is 11.6 Å². The van der Waals surface area contributed by atoms with E-state index in [2.05, 4.69) is 29.7 Å². The van der Waals surface area contributed by atoms with E-state index in [0.29, 0.717) is 23.4 Å². The third-order valence-electron chi connectivity index (χ3n) is 5.33. The minimum atomic E-state index is -1.00. The summed E-state index contributed by atoms with van der Waals surface area (Å²) in [7, 11) is 1.47. The molecule has 5 nitrogen and oxygen atoms in total. The molecule has 0 aliphatic heterocycles. The van der Waals surface area contributed by atoms with Gasteiger partial charge in [0.05, 0.1) is 24.8 Å². The Labute approximate surface area is 196 Å². The van der Waals surface area contributed by atoms with Crippen molar-refractivity contribution >= 4 is 17.2 Å². The zero-order chi connectivity index (χ0) is 23.8. The summed E-state index contributed by atoms with van der Waals surface area (Å²) in [6.45, 7) is 2.81. The zero-order valence-electron chi connectivity index (χ0n) is 18.6. The van der Waals surface area contributed by atoms with Gasteiger partial charge in [0.15, 0.2) is 0 Å². The Bertz CT molecular complexity index is 1050. The highest BCUT2D eigenvalue weighted by atomic mass is 32.1. The third kappa shape index (κ3) is 7.08. The lowest BCUT2D eigenvalue weighted by Gasteiger charge is -2.25. The van der Waals surface area contributed by atoms with E-state index in [1.807, 2.05) is 12.1 Å². The highest BCUT2D eigenvalue weighted by Gasteiger charge is 2.24. The van der Waals surface area contributed by atoms with Crippen molar-refractivity contribution in [3.8, 4) is 5.75 Å². The number of aliphatic hydroxyl groups is 1. The Morgan fingerprint density at radius 1 is 1.09 bits per heavy atom. The van der Waals surface area contributed by atoms with Gasteiger partial charge >= 0.3 is 0 Å². The lowest BCUT2D eigenvalue weighted by atomic mass is 10.00. The maximum Gasteiger partial charge on any atom is 0.256 e. The number of benzene rings is 2. The van der Waals surface area contributed by atoms with Crippen molar-refractivity contribution in [3.63, 3.8) is 0 Å². The van der Waals surface area contributed by atoms with Crippen molar-refractivity contribution in [1.29, 1.82) is 0 Å². The average molecular weight is 475 g/mol. The molecule has 0 saturated heterocycles. The molecule has 0 fully saturated rings. The number of nitrogens with one attached hydrogen (secondary N) is 2. The van der Waals surface area contributed by atoms with Crippen molar-refractivity contribution in [3.05, 3.63) is 87.1 Å². The van der Waals surface area contributed by atoms with Gasteiger partial charge in [-0.15, -0.1) is 11.3 Å². The van der Waals surface area contributed by atoms with Crippen LogP contribution in [0.25, 0.3) is 0 Å². The van der Waals surface area contributed by atoms with E-state index in [-0.39, 0.29) is 13.0 Å². The summed E-state index contributed by atoms with van der Waals surface area (Å²) >= 11 is 1.32. The van der Waals surface area contributed by atoms with Gasteiger partial charge < -0.3 is 20.5 Å². The molecule has 1 heterocycles. The van der Waals surface area contributed by atoms with Crippen LogP contribution in [0.2, 0.25) is 0 Å². The Kier molecular flexibility index (Phi) is 8.94. The standard InChI is InChI=1S/C25H28F2N2O3S/c1-3-16-5-4-6-17(7-16)12-28-13-23(30)22(10-18-8-19(26)11-20(27)9-18)29-25(31)21-14-33-15-24(21)32-2/h4-9,11,14-15,22-23,28,30H,3,10,12-13H2,1-2H3,(H,29,31). The van der Waals surface area contributed by atoms with Crippen LogP contribution in [0.4, 0.5) is 8.78 Å². The molecule has 3 N–H and O–H groups in total. The molecule has 0 aliphatic carbocycles. The Balaban J connectivity index is 1.71. The molecular formula is C25H28F2N2O3S. The number of rotatable bonds is 11. The van der Waals surface area contributed by atoms with Gasteiger partial charge in [-0.25, -0.2) is 8.78 Å². The summed E-state index contributed by atoms with van der Waals surface area (Å²) in [5, 5.41) is 20.2. The summed E-state index contributed by atoms with van der Waals surface area (Å²) in [4.78, 5) is 12.8. The molecule has 3 aromatic rings. The first-order chi connectivity index (χ1) is 15.9. The lowest BCUT2D eigenvalue weighted by Crippen LogP contribution is -2.48. The normalized spacial score (nSPS) is 12.9. The Morgan fingerprint density at radius 3 is 2.52 bits per heavy atom. The molecule has 0 bridgehead atoms. The number of hydrogen-bond donors (Lipinski definition) is 3. The van der Waals surface area contributed by atoms with Crippen LogP contribution < -0.4 is 15.4 Å². The maximum atomic E-state index is 13.7. The van der Waals surface area contributed by atoms with Crippen molar-refractivity contribution < 1.29 is 23.4 Å². The largest absolute Gasteiger partial charge is 0.495 e. The highest BCUT2D eigenvalue weighted by Crippen LogP contribution is 2.23. The SMILES string of the molecule is CCc1cccc(CNCC(O)C(Cc2cc(F)cc(F)c2)NC(=O)c2cscc2OC)c1. The van der Waals surface area contributed by atoms with Crippen molar-refractivity contribution in [1.82, 2.24) is 10.6 Å². The maximum absolute atomic E-state index is 13.7. The Hall–Kier alpha value is -2.81. The topological polar surface area (TPSA) is 70.6 Å². The fourth-order valence-electron chi connectivity index (χ4n) is 3.59. The number of amides is 1. The van der Waals surface area contributed by atoms with Crippen LogP contribution in [-0.2, 0) is 19.4 Å². The number of carbonyl (C=O) groups is 1. The summed E-state index contributed by atoms with van der Waals surface area (Å²) < 4.78 is 32.6. The molecule has 8 heteroatoms. The molecule has 1 amide bonds. The first-order valence-electron chi connectivity index (χ1n) is 10.7. The zero-order valence-corrected chi connectivity index (χ0v) is 19.4. The average Bonchev–Trinajstić information content (AvgIpc) is 3.27. The van der Waals surface area contributed by atoms with Gasteiger partial charge in [-0.3, -0.25) is 4.79 Å². The smallest absolute Gasteiger partial charge is 0.256 e. The molecule has 3 rings (SSSR count).